The Morgan fingerprint density at radius 3 is 1.88 bits per heavy atom. The van der Waals surface area contributed by atoms with Gasteiger partial charge >= 0.3 is 0 Å². The molecule has 0 N–H and O–H groups in total. The third kappa shape index (κ3) is 3.42. The highest BCUT2D eigenvalue weighted by Crippen LogP contribution is 2.53. The normalized spacial score (nSPS) is 14.3. The van der Waals surface area contributed by atoms with Gasteiger partial charge in [0.1, 0.15) is 17.2 Å². The summed E-state index contributed by atoms with van der Waals surface area (Å²) in [7, 11) is 3.32. The van der Waals surface area contributed by atoms with E-state index in [-0.39, 0.29) is 5.78 Å². The topological polar surface area (TPSA) is 44.8 Å². The van der Waals surface area contributed by atoms with Gasteiger partial charge < -0.3 is 14.2 Å². The van der Waals surface area contributed by atoms with Crippen LogP contribution in [0.1, 0.15) is 43.7 Å². The molecule has 4 nitrogen and oxygen atoms in total. The summed E-state index contributed by atoms with van der Waals surface area (Å²) in [5.74, 6) is 2.30. The molecule has 196 valence electrons. The molecule has 0 radical (unpaired) electrons. The molecule has 2 aliphatic rings. The molecule has 0 aromatic heterocycles. The van der Waals surface area contributed by atoms with Crippen LogP contribution in [0.4, 0.5) is 0 Å². The highest BCUT2D eigenvalue weighted by Gasteiger charge is 2.41. The van der Waals surface area contributed by atoms with Crippen LogP contribution >= 0.6 is 0 Å². The smallest absolute Gasteiger partial charge is 0.195 e. The van der Waals surface area contributed by atoms with Crippen molar-refractivity contribution in [1.82, 2.24) is 0 Å². The van der Waals surface area contributed by atoms with Crippen LogP contribution in [0.15, 0.2) is 91.0 Å². The zero-order chi connectivity index (χ0) is 27.6. The lowest BCUT2D eigenvalue weighted by atomic mass is 9.81. The van der Waals surface area contributed by atoms with Crippen molar-refractivity contribution >= 4 is 22.6 Å². The summed E-state index contributed by atoms with van der Waals surface area (Å²) in [6.45, 7) is 4.11. The Labute approximate surface area is 233 Å². The predicted octanol–water partition coefficient (Wildman–Crippen LogP) is 8.03. The van der Waals surface area contributed by atoms with Crippen LogP contribution in [0, 0.1) is 13.8 Å². The summed E-state index contributed by atoms with van der Waals surface area (Å²) >= 11 is 0. The number of ether oxygens (including phenoxy) is 3. The van der Waals surface area contributed by atoms with Gasteiger partial charge in [0, 0.05) is 38.8 Å². The minimum atomic E-state index is -0.929. The summed E-state index contributed by atoms with van der Waals surface area (Å²) < 4.78 is 18.1. The Morgan fingerprint density at radius 2 is 1.25 bits per heavy atom. The van der Waals surface area contributed by atoms with Crippen molar-refractivity contribution < 1.29 is 19.0 Å². The van der Waals surface area contributed by atoms with Crippen LogP contribution in [-0.2, 0) is 5.60 Å². The van der Waals surface area contributed by atoms with Crippen LogP contribution < -0.4 is 14.2 Å². The van der Waals surface area contributed by atoms with Gasteiger partial charge in [-0.15, -0.1) is 0 Å². The molecule has 0 saturated carbocycles. The van der Waals surface area contributed by atoms with Gasteiger partial charge in [-0.2, -0.15) is 0 Å². The maximum Gasteiger partial charge on any atom is 0.195 e. The zero-order valence-corrected chi connectivity index (χ0v) is 22.9. The van der Waals surface area contributed by atoms with E-state index in [2.05, 4.69) is 49.4 Å². The molecule has 0 bridgehead atoms. The number of aryl methyl sites for hydroxylation is 2. The van der Waals surface area contributed by atoms with Crippen LogP contribution in [0.2, 0.25) is 0 Å². The number of hydrogen-bond donors (Lipinski definition) is 0. The molecule has 0 fully saturated rings. The fraction of sp³-hybridized carbons (Fsp3) is 0.139. The number of ketones is 1. The summed E-state index contributed by atoms with van der Waals surface area (Å²) in [5.41, 5.74) is 7.42. The molecule has 1 aliphatic heterocycles. The number of carbonyl (C=O) groups is 1. The van der Waals surface area contributed by atoms with E-state index in [9.17, 15) is 4.79 Å². The average molecular weight is 525 g/mol. The third-order valence-corrected chi connectivity index (χ3v) is 8.15. The van der Waals surface area contributed by atoms with E-state index in [1.165, 1.54) is 0 Å². The van der Waals surface area contributed by atoms with Gasteiger partial charge in [0.15, 0.2) is 11.4 Å². The molecule has 1 aliphatic carbocycles. The number of rotatable bonds is 4. The van der Waals surface area contributed by atoms with Crippen LogP contribution in [0.25, 0.3) is 28.0 Å². The lowest BCUT2D eigenvalue weighted by Crippen LogP contribution is -2.34. The second-order valence-corrected chi connectivity index (χ2v) is 10.5. The summed E-state index contributed by atoms with van der Waals surface area (Å²) in [6, 6.07) is 28.4. The molecule has 40 heavy (non-hydrogen) atoms. The highest BCUT2D eigenvalue weighted by molar-refractivity contribution is 6.29. The number of fused-ring (bicyclic) bond motifs is 8. The van der Waals surface area contributed by atoms with E-state index >= 15 is 0 Å². The zero-order valence-electron chi connectivity index (χ0n) is 22.9. The van der Waals surface area contributed by atoms with Gasteiger partial charge in [-0.1, -0.05) is 59.7 Å². The van der Waals surface area contributed by atoms with Gasteiger partial charge in [0.05, 0.1) is 14.2 Å². The fourth-order valence-electron chi connectivity index (χ4n) is 6.13. The molecular formula is C36H28O4. The van der Waals surface area contributed by atoms with Crippen molar-refractivity contribution in [3.05, 3.63) is 130 Å². The first kappa shape index (κ1) is 24.2. The Bertz CT molecular complexity index is 1810. The third-order valence-electron chi connectivity index (χ3n) is 8.15. The summed E-state index contributed by atoms with van der Waals surface area (Å²) in [4.78, 5) is 13.9. The molecule has 0 atom stereocenters. The molecule has 1 heterocycles. The Balaban J connectivity index is 1.52. The number of benzene rings is 5. The minimum Gasteiger partial charge on any atom is -0.497 e. The van der Waals surface area contributed by atoms with Crippen LogP contribution in [0.5, 0.6) is 17.2 Å². The molecule has 4 heteroatoms. The first-order valence-electron chi connectivity index (χ1n) is 13.4. The van der Waals surface area contributed by atoms with E-state index in [1.54, 1.807) is 14.2 Å². The maximum atomic E-state index is 13.9. The van der Waals surface area contributed by atoms with Gasteiger partial charge in [0.2, 0.25) is 0 Å². The first-order valence-corrected chi connectivity index (χ1v) is 13.4. The molecule has 0 spiro atoms. The van der Waals surface area contributed by atoms with E-state index in [1.807, 2.05) is 61.5 Å². The van der Waals surface area contributed by atoms with E-state index < -0.39 is 5.60 Å². The van der Waals surface area contributed by atoms with Crippen molar-refractivity contribution in [2.45, 2.75) is 19.4 Å². The second-order valence-electron chi connectivity index (χ2n) is 10.5. The predicted molar refractivity (Wildman–Crippen MR) is 159 cm³/mol. The maximum absolute atomic E-state index is 13.9. The number of methoxy groups -OCH3 is 2. The van der Waals surface area contributed by atoms with E-state index in [4.69, 9.17) is 14.2 Å². The minimum absolute atomic E-state index is 0.0436. The highest BCUT2D eigenvalue weighted by atomic mass is 16.5. The van der Waals surface area contributed by atoms with Crippen molar-refractivity contribution in [1.29, 1.82) is 0 Å². The Kier molecular flexibility index (Phi) is 5.36. The number of hydrogen-bond acceptors (Lipinski definition) is 4. The lowest BCUT2D eigenvalue weighted by Gasteiger charge is -2.37. The van der Waals surface area contributed by atoms with Crippen LogP contribution in [0.3, 0.4) is 0 Å². The first-order chi connectivity index (χ1) is 19.4. The Morgan fingerprint density at radius 1 is 0.650 bits per heavy atom. The largest absolute Gasteiger partial charge is 0.497 e. The van der Waals surface area contributed by atoms with E-state index in [0.29, 0.717) is 11.3 Å². The molecule has 0 amide bonds. The molecule has 0 unspecified atom stereocenters. The van der Waals surface area contributed by atoms with Crippen molar-refractivity contribution in [2.75, 3.05) is 14.2 Å². The van der Waals surface area contributed by atoms with Gasteiger partial charge in [-0.3, -0.25) is 4.79 Å². The molecule has 5 aromatic rings. The molecule has 0 saturated heterocycles. The standard InChI is InChI=1S/C36H28O4/c1-21-5-15-27-30(19-21)34(37)33-29-17-18-36(23-7-11-25(38-3)12-8-23,24-9-13-26(39-4)14-10-24)40-35(29)31-20-22(2)6-16-28(31)32(27)33/h5-20H,1-4H3. The van der Waals surface area contributed by atoms with Crippen LogP contribution in [-0.4, -0.2) is 20.0 Å². The number of carbonyl (C=O) groups excluding carboxylic acids is 1. The van der Waals surface area contributed by atoms with Gasteiger partial charge in [-0.25, -0.2) is 0 Å². The average Bonchev–Trinajstić information content (AvgIpc) is 3.28. The quantitative estimate of drug-likeness (QED) is 0.234. The lowest BCUT2D eigenvalue weighted by molar-refractivity contribution is 0.104. The second kappa shape index (κ2) is 8.85. The molecular weight excluding hydrogens is 496 g/mol. The van der Waals surface area contributed by atoms with Crippen molar-refractivity contribution in [2.24, 2.45) is 0 Å². The SMILES string of the molecule is COc1ccc(C2(c3ccc(OC)cc3)C=Cc3c4c(c5ccc(C)cc5c3O2)-c2ccc(C)cc2C4=O)cc1. The van der Waals surface area contributed by atoms with Gasteiger partial charge in [-0.05, 0) is 73.3 Å². The Hall–Kier alpha value is -4.83. The summed E-state index contributed by atoms with van der Waals surface area (Å²) in [6.07, 6.45) is 4.15. The van der Waals surface area contributed by atoms with Gasteiger partial charge in [0.25, 0.3) is 0 Å². The van der Waals surface area contributed by atoms with Crippen molar-refractivity contribution in [3.8, 4) is 28.4 Å². The fourth-order valence-corrected chi connectivity index (χ4v) is 6.13. The summed E-state index contributed by atoms with van der Waals surface area (Å²) in [5, 5.41) is 2.01. The monoisotopic (exact) mass is 524 g/mol. The van der Waals surface area contributed by atoms with Crippen molar-refractivity contribution in [3.63, 3.8) is 0 Å². The van der Waals surface area contributed by atoms with E-state index in [0.717, 1.165) is 66.8 Å². The molecule has 5 aromatic carbocycles. The molecule has 7 rings (SSSR count).